The number of likely N-dealkylation sites (tertiary alicyclic amines) is 1. The Kier molecular flexibility index (Phi) is 5.43. The second-order valence-corrected chi connectivity index (χ2v) is 7.70. The van der Waals surface area contributed by atoms with Gasteiger partial charge >= 0.3 is 0 Å². The molecule has 1 N–H and O–H groups in total. The molecule has 0 radical (unpaired) electrons. The van der Waals surface area contributed by atoms with Crippen LogP contribution in [0.15, 0.2) is 48.0 Å². The molecule has 1 aromatic heterocycles. The van der Waals surface area contributed by atoms with Crippen LogP contribution in [0.5, 0.6) is 0 Å². The molecule has 0 bridgehead atoms. The Morgan fingerprint density at radius 3 is 2.81 bits per heavy atom. The highest BCUT2D eigenvalue weighted by atomic mass is 16.5. The lowest BCUT2D eigenvalue weighted by atomic mass is 9.87. The summed E-state index contributed by atoms with van der Waals surface area (Å²) in [4.78, 5) is 11.4. The third-order valence-corrected chi connectivity index (χ3v) is 5.62. The molecule has 0 saturated carbocycles. The smallest absolute Gasteiger partial charge is 0.194 e. The molecule has 0 aliphatic carbocycles. The summed E-state index contributed by atoms with van der Waals surface area (Å²) in [6.07, 6.45) is 8.03. The van der Waals surface area contributed by atoms with E-state index in [1.807, 2.05) is 18.7 Å². The number of hydrogen-bond acceptors (Lipinski definition) is 3. The molecule has 0 amide bonds. The van der Waals surface area contributed by atoms with Gasteiger partial charge in [0, 0.05) is 50.6 Å². The fourth-order valence-corrected chi connectivity index (χ4v) is 4.02. The number of nitrogens with zero attached hydrogens (tertiary/aromatic N) is 4. The van der Waals surface area contributed by atoms with Gasteiger partial charge in [0.05, 0.1) is 19.5 Å². The first-order valence-electron chi connectivity index (χ1n) is 9.91. The molecule has 4 rings (SSSR count). The minimum Gasteiger partial charge on any atom is -0.381 e. The number of ether oxygens (including phenoxy) is 1. The maximum absolute atomic E-state index is 5.66. The average Bonchev–Trinajstić information content (AvgIpc) is 3.44. The Morgan fingerprint density at radius 2 is 2.11 bits per heavy atom. The Hall–Kier alpha value is -2.34. The van der Waals surface area contributed by atoms with Crippen molar-refractivity contribution in [1.29, 1.82) is 0 Å². The third-order valence-electron chi connectivity index (χ3n) is 5.62. The van der Waals surface area contributed by atoms with Gasteiger partial charge in [-0.15, -0.1) is 0 Å². The summed E-state index contributed by atoms with van der Waals surface area (Å²) in [6, 6.07) is 8.71. The van der Waals surface area contributed by atoms with Crippen molar-refractivity contribution in [3.63, 3.8) is 0 Å². The monoisotopic (exact) mass is 367 g/mol. The number of aromatic nitrogens is 2. The number of nitrogens with one attached hydrogen (secondary N) is 1. The van der Waals surface area contributed by atoms with Crippen LogP contribution in [-0.4, -0.2) is 53.3 Å². The first-order chi connectivity index (χ1) is 13.3. The highest BCUT2D eigenvalue weighted by molar-refractivity contribution is 5.80. The van der Waals surface area contributed by atoms with E-state index in [0.717, 1.165) is 45.4 Å². The van der Waals surface area contributed by atoms with Gasteiger partial charge in [-0.25, -0.2) is 9.98 Å². The number of rotatable bonds is 5. The van der Waals surface area contributed by atoms with E-state index in [9.17, 15) is 0 Å². The minimum atomic E-state index is 0.352. The van der Waals surface area contributed by atoms with Crippen LogP contribution in [0.3, 0.4) is 0 Å². The van der Waals surface area contributed by atoms with Gasteiger partial charge in [-0.2, -0.15) is 0 Å². The molecular formula is C21H29N5O. The Labute approximate surface area is 161 Å². The number of guanidine groups is 1. The normalized spacial score (nSPS) is 22.7. The van der Waals surface area contributed by atoms with Gasteiger partial charge < -0.3 is 19.5 Å². The fraction of sp³-hybridized carbons (Fsp3) is 0.524. The number of imidazole rings is 1. The minimum absolute atomic E-state index is 0.352. The summed E-state index contributed by atoms with van der Waals surface area (Å²) in [6.45, 7) is 8.52. The van der Waals surface area contributed by atoms with Crippen molar-refractivity contribution in [2.75, 3.05) is 32.8 Å². The van der Waals surface area contributed by atoms with Crippen LogP contribution in [0.2, 0.25) is 0 Å². The first kappa shape index (κ1) is 18.0. The molecule has 1 spiro atoms. The molecule has 27 heavy (non-hydrogen) atoms. The summed E-state index contributed by atoms with van der Waals surface area (Å²) in [5, 5.41) is 3.47. The maximum atomic E-state index is 5.66. The van der Waals surface area contributed by atoms with Crippen molar-refractivity contribution >= 4 is 5.96 Å². The molecule has 3 heterocycles. The molecule has 1 unspecified atom stereocenters. The lowest BCUT2D eigenvalue weighted by Gasteiger charge is -2.25. The lowest BCUT2D eigenvalue weighted by molar-refractivity contribution is 0.156. The van der Waals surface area contributed by atoms with Crippen LogP contribution in [0, 0.1) is 5.41 Å². The average molecular weight is 367 g/mol. The number of hydrogen-bond donors (Lipinski definition) is 1. The largest absolute Gasteiger partial charge is 0.381 e. The zero-order chi connectivity index (χ0) is 18.5. The topological polar surface area (TPSA) is 54.7 Å². The second-order valence-electron chi connectivity index (χ2n) is 7.70. The zero-order valence-electron chi connectivity index (χ0n) is 16.1. The van der Waals surface area contributed by atoms with Crippen molar-refractivity contribution < 1.29 is 4.74 Å². The Balaban J connectivity index is 1.38. The molecular weight excluding hydrogens is 338 g/mol. The molecule has 2 aliphatic heterocycles. The van der Waals surface area contributed by atoms with E-state index in [1.54, 1.807) is 0 Å². The van der Waals surface area contributed by atoms with Crippen LogP contribution in [-0.2, 0) is 17.8 Å². The summed E-state index contributed by atoms with van der Waals surface area (Å²) in [5.74, 6) is 1.03. The molecule has 2 fully saturated rings. The molecule has 1 aromatic carbocycles. The van der Waals surface area contributed by atoms with Gasteiger partial charge in [-0.3, -0.25) is 0 Å². The molecule has 1 atom stereocenters. The quantitative estimate of drug-likeness (QED) is 0.652. The third kappa shape index (κ3) is 4.33. The van der Waals surface area contributed by atoms with Crippen molar-refractivity contribution in [3.8, 4) is 0 Å². The standard InChI is InChI=1S/C21H29N5O/c1-2-23-20(26-10-7-21(15-26)8-12-27-16-21)24-13-18-3-5-19(6-4-18)14-25-11-9-22-17-25/h3-6,9,11,17H,2,7-8,10,12-16H2,1H3,(H,23,24). The summed E-state index contributed by atoms with van der Waals surface area (Å²) in [5.41, 5.74) is 2.86. The molecule has 2 aliphatic rings. The van der Waals surface area contributed by atoms with E-state index in [1.165, 1.54) is 24.0 Å². The highest BCUT2D eigenvalue weighted by Crippen LogP contribution is 2.38. The fourth-order valence-electron chi connectivity index (χ4n) is 4.02. The molecule has 144 valence electrons. The van der Waals surface area contributed by atoms with Crippen molar-refractivity contribution in [2.24, 2.45) is 10.4 Å². The molecule has 2 aromatic rings. The van der Waals surface area contributed by atoms with Crippen molar-refractivity contribution in [2.45, 2.75) is 32.9 Å². The van der Waals surface area contributed by atoms with Crippen LogP contribution >= 0.6 is 0 Å². The van der Waals surface area contributed by atoms with Gasteiger partial charge in [0.15, 0.2) is 5.96 Å². The summed E-state index contributed by atoms with van der Waals surface area (Å²) >= 11 is 0. The van der Waals surface area contributed by atoms with Crippen molar-refractivity contribution in [3.05, 3.63) is 54.1 Å². The number of aliphatic imine (C=N–C) groups is 1. The molecule has 6 heteroatoms. The van der Waals surface area contributed by atoms with Gasteiger partial charge in [0.2, 0.25) is 0 Å². The van der Waals surface area contributed by atoms with Gasteiger partial charge in [0.1, 0.15) is 0 Å². The van der Waals surface area contributed by atoms with Crippen LogP contribution in [0.1, 0.15) is 30.9 Å². The molecule has 2 saturated heterocycles. The van der Waals surface area contributed by atoms with E-state index >= 15 is 0 Å². The summed E-state index contributed by atoms with van der Waals surface area (Å²) < 4.78 is 7.73. The molecule has 6 nitrogen and oxygen atoms in total. The second kappa shape index (κ2) is 8.13. The van der Waals surface area contributed by atoms with E-state index in [0.29, 0.717) is 12.0 Å². The predicted octanol–water partition coefficient (Wildman–Crippen LogP) is 2.51. The maximum Gasteiger partial charge on any atom is 0.194 e. The summed E-state index contributed by atoms with van der Waals surface area (Å²) in [7, 11) is 0. The predicted molar refractivity (Wildman–Crippen MR) is 107 cm³/mol. The van der Waals surface area contributed by atoms with E-state index in [-0.39, 0.29) is 0 Å². The SMILES string of the molecule is CCNC(=NCc1ccc(Cn2ccnc2)cc1)N1CCC2(CCOC2)C1. The Morgan fingerprint density at radius 1 is 1.26 bits per heavy atom. The van der Waals surface area contributed by atoms with Crippen LogP contribution in [0.4, 0.5) is 0 Å². The van der Waals surface area contributed by atoms with Gasteiger partial charge in [-0.05, 0) is 30.9 Å². The number of benzene rings is 1. The van der Waals surface area contributed by atoms with Gasteiger partial charge in [-0.1, -0.05) is 24.3 Å². The lowest BCUT2D eigenvalue weighted by Crippen LogP contribution is -2.41. The van der Waals surface area contributed by atoms with E-state index in [4.69, 9.17) is 9.73 Å². The van der Waals surface area contributed by atoms with E-state index in [2.05, 4.69) is 51.0 Å². The van der Waals surface area contributed by atoms with Gasteiger partial charge in [0.25, 0.3) is 0 Å². The highest BCUT2D eigenvalue weighted by Gasteiger charge is 2.42. The zero-order valence-corrected chi connectivity index (χ0v) is 16.1. The van der Waals surface area contributed by atoms with Crippen LogP contribution in [0.25, 0.3) is 0 Å². The first-order valence-corrected chi connectivity index (χ1v) is 9.91. The van der Waals surface area contributed by atoms with Crippen LogP contribution < -0.4 is 5.32 Å². The Bertz CT molecular complexity index is 747. The van der Waals surface area contributed by atoms with E-state index < -0.39 is 0 Å². The van der Waals surface area contributed by atoms with Crippen molar-refractivity contribution in [1.82, 2.24) is 19.8 Å².